The summed E-state index contributed by atoms with van der Waals surface area (Å²) in [6.07, 6.45) is 2.43. The molecule has 5 heteroatoms. The number of fused-ring (bicyclic) bond motifs is 3. The van der Waals surface area contributed by atoms with E-state index in [1.54, 1.807) is 18.9 Å². The molecule has 3 aliphatic rings. The number of carbonyl (C=O) groups excluding carboxylic acids is 1. The number of rotatable bonds is 5. The summed E-state index contributed by atoms with van der Waals surface area (Å²) >= 11 is 1.67. The Morgan fingerprint density at radius 3 is 2.62 bits per heavy atom. The maximum absolute atomic E-state index is 12.0. The van der Waals surface area contributed by atoms with Crippen molar-refractivity contribution in [3.63, 3.8) is 0 Å². The van der Waals surface area contributed by atoms with Gasteiger partial charge in [0.15, 0.2) is 0 Å². The number of hydrogen-bond donors (Lipinski definition) is 1. The van der Waals surface area contributed by atoms with E-state index in [0.29, 0.717) is 17.4 Å². The fourth-order valence-electron chi connectivity index (χ4n) is 4.28. The van der Waals surface area contributed by atoms with Gasteiger partial charge in [-0.3, -0.25) is 4.79 Å². The van der Waals surface area contributed by atoms with Crippen molar-refractivity contribution in [3.05, 3.63) is 53.6 Å². The van der Waals surface area contributed by atoms with Crippen LogP contribution in [0.25, 0.3) is 0 Å². The van der Waals surface area contributed by atoms with Gasteiger partial charge in [-0.2, -0.15) is 0 Å². The lowest BCUT2D eigenvalue weighted by atomic mass is 9.74. The Morgan fingerprint density at radius 2 is 1.96 bits per heavy atom. The molecule has 2 aromatic rings. The van der Waals surface area contributed by atoms with Crippen molar-refractivity contribution in [1.29, 1.82) is 0 Å². The van der Waals surface area contributed by atoms with Crippen molar-refractivity contribution in [3.8, 4) is 5.75 Å². The maximum atomic E-state index is 12.0. The number of hydrogen-bond acceptors (Lipinski definition) is 4. The Kier molecular flexibility index (Phi) is 4.92. The van der Waals surface area contributed by atoms with E-state index in [0.717, 1.165) is 27.6 Å². The molecule has 0 saturated carbocycles. The van der Waals surface area contributed by atoms with Gasteiger partial charge in [0, 0.05) is 22.9 Å². The SMILES string of the molecule is COc1ccccc1Sc1ccc(C(N)=O)c(C2CN3CCC2CC3)c1. The lowest BCUT2D eigenvalue weighted by Gasteiger charge is -2.45. The highest BCUT2D eigenvalue weighted by atomic mass is 32.2. The van der Waals surface area contributed by atoms with E-state index in [-0.39, 0.29) is 5.91 Å². The Hall–Kier alpha value is -1.98. The molecule has 0 radical (unpaired) electrons. The zero-order valence-corrected chi connectivity index (χ0v) is 15.8. The molecule has 1 unspecified atom stereocenters. The van der Waals surface area contributed by atoms with Gasteiger partial charge in [-0.15, -0.1) is 0 Å². The standard InChI is InChI=1S/C21H24N2O2S/c1-25-19-4-2-3-5-20(19)26-15-6-7-16(21(22)24)17(12-15)18-13-23-10-8-14(18)9-11-23/h2-7,12,14,18H,8-11,13H2,1H3,(H2,22,24). The van der Waals surface area contributed by atoms with Gasteiger partial charge in [0.2, 0.25) is 5.91 Å². The first-order valence-electron chi connectivity index (χ1n) is 9.12. The van der Waals surface area contributed by atoms with Crippen LogP contribution in [0.3, 0.4) is 0 Å². The smallest absolute Gasteiger partial charge is 0.248 e. The molecule has 1 amide bonds. The normalized spacial score (nSPS) is 24.4. The molecule has 3 saturated heterocycles. The number of piperidine rings is 3. The molecule has 3 aliphatic heterocycles. The Morgan fingerprint density at radius 1 is 1.19 bits per heavy atom. The molecule has 3 fully saturated rings. The van der Waals surface area contributed by atoms with Gasteiger partial charge in [0.1, 0.15) is 5.75 Å². The first-order valence-corrected chi connectivity index (χ1v) is 9.94. The molecule has 2 N–H and O–H groups in total. The minimum absolute atomic E-state index is 0.328. The number of benzene rings is 2. The van der Waals surface area contributed by atoms with Crippen LogP contribution in [-0.4, -0.2) is 37.6 Å². The number of methoxy groups -OCH3 is 1. The molecular formula is C21H24N2O2S. The predicted octanol–water partition coefficient (Wildman–Crippen LogP) is 3.75. The van der Waals surface area contributed by atoms with Crippen LogP contribution in [0.5, 0.6) is 5.75 Å². The molecular weight excluding hydrogens is 344 g/mol. The molecule has 3 heterocycles. The molecule has 2 aromatic carbocycles. The van der Waals surface area contributed by atoms with Gasteiger partial charge in [-0.1, -0.05) is 23.9 Å². The summed E-state index contributed by atoms with van der Waals surface area (Å²) in [5, 5.41) is 0. The quantitative estimate of drug-likeness (QED) is 0.873. The zero-order chi connectivity index (χ0) is 18.1. The Bertz CT molecular complexity index is 815. The number of para-hydroxylation sites is 1. The lowest BCUT2D eigenvalue weighted by molar-refractivity contribution is 0.0855. The van der Waals surface area contributed by atoms with E-state index in [2.05, 4.69) is 17.0 Å². The number of primary amides is 1. The van der Waals surface area contributed by atoms with Crippen LogP contribution >= 0.6 is 11.8 Å². The third-order valence-corrected chi connectivity index (χ3v) is 6.69. The summed E-state index contributed by atoms with van der Waals surface area (Å²) in [7, 11) is 1.69. The van der Waals surface area contributed by atoms with Crippen LogP contribution < -0.4 is 10.5 Å². The summed E-state index contributed by atoms with van der Waals surface area (Å²) in [6, 6.07) is 14.1. The van der Waals surface area contributed by atoms with Crippen molar-refractivity contribution in [2.75, 3.05) is 26.7 Å². The number of nitrogens with zero attached hydrogens (tertiary/aromatic N) is 1. The lowest BCUT2D eigenvalue weighted by Crippen LogP contribution is -2.46. The molecule has 1 atom stereocenters. The van der Waals surface area contributed by atoms with Crippen molar-refractivity contribution in [2.45, 2.75) is 28.6 Å². The second-order valence-corrected chi connectivity index (χ2v) is 8.23. The van der Waals surface area contributed by atoms with E-state index in [1.165, 1.54) is 25.9 Å². The third kappa shape index (κ3) is 3.33. The van der Waals surface area contributed by atoms with Crippen molar-refractivity contribution in [1.82, 2.24) is 4.90 Å². The summed E-state index contributed by atoms with van der Waals surface area (Å²) in [6.45, 7) is 3.40. The molecule has 0 aromatic heterocycles. The van der Waals surface area contributed by atoms with Crippen molar-refractivity contribution in [2.24, 2.45) is 11.7 Å². The number of amides is 1. The van der Waals surface area contributed by atoms with E-state index < -0.39 is 0 Å². The average Bonchev–Trinajstić information content (AvgIpc) is 2.69. The van der Waals surface area contributed by atoms with Crippen LogP contribution in [0.4, 0.5) is 0 Å². The van der Waals surface area contributed by atoms with E-state index in [4.69, 9.17) is 10.5 Å². The molecule has 2 bridgehead atoms. The van der Waals surface area contributed by atoms with Gasteiger partial charge >= 0.3 is 0 Å². The van der Waals surface area contributed by atoms with Crippen LogP contribution in [0.1, 0.15) is 34.7 Å². The van der Waals surface area contributed by atoms with Gasteiger partial charge in [0.25, 0.3) is 0 Å². The molecule has 0 aliphatic carbocycles. The fourth-order valence-corrected chi connectivity index (χ4v) is 5.26. The number of nitrogens with two attached hydrogens (primary N) is 1. The van der Waals surface area contributed by atoms with Crippen LogP contribution in [0.2, 0.25) is 0 Å². The van der Waals surface area contributed by atoms with E-state index in [1.807, 2.05) is 30.3 Å². The highest BCUT2D eigenvalue weighted by Crippen LogP contribution is 2.42. The third-order valence-electron chi connectivity index (χ3n) is 5.64. The van der Waals surface area contributed by atoms with Gasteiger partial charge in [-0.25, -0.2) is 0 Å². The molecule has 136 valence electrons. The summed E-state index contributed by atoms with van der Waals surface area (Å²) < 4.78 is 5.46. The molecule has 4 nitrogen and oxygen atoms in total. The maximum Gasteiger partial charge on any atom is 0.248 e. The van der Waals surface area contributed by atoms with Crippen LogP contribution in [0.15, 0.2) is 52.3 Å². The minimum Gasteiger partial charge on any atom is -0.496 e. The second kappa shape index (κ2) is 7.33. The number of ether oxygens (including phenoxy) is 1. The Balaban J connectivity index is 1.68. The predicted molar refractivity (Wildman–Crippen MR) is 104 cm³/mol. The van der Waals surface area contributed by atoms with Gasteiger partial charge < -0.3 is 15.4 Å². The van der Waals surface area contributed by atoms with Crippen LogP contribution in [0, 0.1) is 5.92 Å². The first-order chi connectivity index (χ1) is 12.7. The molecule has 0 spiro atoms. The first kappa shape index (κ1) is 17.4. The Labute approximate surface area is 158 Å². The number of carbonyl (C=O) groups is 1. The van der Waals surface area contributed by atoms with Gasteiger partial charge in [0.05, 0.1) is 12.0 Å². The fraction of sp³-hybridized carbons (Fsp3) is 0.381. The second-order valence-electron chi connectivity index (χ2n) is 7.11. The zero-order valence-electron chi connectivity index (χ0n) is 15.0. The minimum atomic E-state index is -0.328. The van der Waals surface area contributed by atoms with Gasteiger partial charge in [-0.05, 0) is 67.7 Å². The van der Waals surface area contributed by atoms with Crippen molar-refractivity contribution >= 4 is 17.7 Å². The monoisotopic (exact) mass is 368 g/mol. The average molecular weight is 369 g/mol. The highest BCUT2D eigenvalue weighted by molar-refractivity contribution is 7.99. The van der Waals surface area contributed by atoms with Crippen molar-refractivity contribution < 1.29 is 9.53 Å². The summed E-state index contributed by atoms with van der Waals surface area (Å²) in [4.78, 5) is 16.7. The molecule has 26 heavy (non-hydrogen) atoms. The summed E-state index contributed by atoms with van der Waals surface area (Å²) in [5.74, 6) is 1.59. The highest BCUT2D eigenvalue weighted by Gasteiger charge is 2.36. The van der Waals surface area contributed by atoms with E-state index >= 15 is 0 Å². The van der Waals surface area contributed by atoms with Crippen LogP contribution in [-0.2, 0) is 0 Å². The summed E-state index contributed by atoms with van der Waals surface area (Å²) in [5.41, 5.74) is 7.48. The largest absolute Gasteiger partial charge is 0.496 e. The van der Waals surface area contributed by atoms with E-state index in [9.17, 15) is 4.79 Å². The topological polar surface area (TPSA) is 55.6 Å². The molecule has 5 rings (SSSR count).